The number of amides is 1. The number of halogens is 3. The predicted octanol–water partition coefficient (Wildman–Crippen LogP) is 4.83. The fraction of sp³-hybridized carbons (Fsp3) is 0.111. The summed E-state index contributed by atoms with van der Waals surface area (Å²) in [6.07, 6.45) is 2.08. The van der Waals surface area contributed by atoms with E-state index in [2.05, 4.69) is 10.6 Å². The zero-order valence-corrected chi connectivity index (χ0v) is 15.3. The molecular formula is C18H14Cl3N3O. The molecule has 0 saturated carbocycles. The minimum Gasteiger partial charge on any atom is -0.389 e. The summed E-state index contributed by atoms with van der Waals surface area (Å²) in [6, 6.07) is 14.2. The minimum absolute atomic E-state index is 0.0675. The Kier molecular flexibility index (Phi) is 7.15. The lowest BCUT2D eigenvalue weighted by atomic mass is 10.1. The topological polar surface area (TPSA) is 64.9 Å². The Morgan fingerprint density at radius 3 is 2.64 bits per heavy atom. The van der Waals surface area contributed by atoms with Gasteiger partial charge in [0.2, 0.25) is 0 Å². The van der Waals surface area contributed by atoms with E-state index in [-0.39, 0.29) is 10.6 Å². The molecule has 0 aliphatic carbocycles. The van der Waals surface area contributed by atoms with Crippen molar-refractivity contribution in [2.45, 2.75) is 6.42 Å². The molecule has 2 aromatic rings. The summed E-state index contributed by atoms with van der Waals surface area (Å²) in [5, 5.41) is 15.9. The van der Waals surface area contributed by atoms with Gasteiger partial charge in [-0.15, -0.1) is 0 Å². The van der Waals surface area contributed by atoms with Gasteiger partial charge in [0.25, 0.3) is 5.91 Å². The monoisotopic (exact) mass is 393 g/mol. The third-order valence-corrected chi connectivity index (χ3v) is 4.31. The van der Waals surface area contributed by atoms with Crippen LogP contribution in [0.1, 0.15) is 5.56 Å². The molecule has 0 atom stereocenters. The molecule has 0 radical (unpaired) electrons. The molecule has 0 unspecified atom stereocenters. The van der Waals surface area contributed by atoms with E-state index in [0.717, 1.165) is 5.56 Å². The van der Waals surface area contributed by atoms with E-state index in [1.54, 1.807) is 24.3 Å². The Labute approximate surface area is 161 Å². The van der Waals surface area contributed by atoms with Crippen molar-refractivity contribution in [2.24, 2.45) is 0 Å². The van der Waals surface area contributed by atoms with Crippen LogP contribution in [0, 0.1) is 11.3 Å². The first-order valence-corrected chi connectivity index (χ1v) is 8.48. The predicted molar refractivity (Wildman–Crippen MR) is 102 cm³/mol. The van der Waals surface area contributed by atoms with Gasteiger partial charge in [-0.05, 0) is 36.2 Å². The lowest BCUT2D eigenvalue weighted by Crippen LogP contribution is -2.18. The van der Waals surface area contributed by atoms with Crippen molar-refractivity contribution in [3.8, 4) is 6.07 Å². The van der Waals surface area contributed by atoms with Gasteiger partial charge >= 0.3 is 0 Å². The number of hydrogen-bond acceptors (Lipinski definition) is 3. The van der Waals surface area contributed by atoms with E-state index in [0.29, 0.717) is 28.7 Å². The van der Waals surface area contributed by atoms with Crippen molar-refractivity contribution in [1.82, 2.24) is 5.32 Å². The van der Waals surface area contributed by atoms with Crippen LogP contribution >= 0.6 is 34.8 Å². The van der Waals surface area contributed by atoms with Gasteiger partial charge in [-0.1, -0.05) is 53.0 Å². The van der Waals surface area contributed by atoms with Gasteiger partial charge in [-0.2, -0.15) is 5.26 Å². The Bertz CT molecular complexity index is 844. The summed E-state index contributed by atoms with van der Waals surface area (Å²) in [7, 11) is 0. The molecule has 0 aromatic heterocycles. The average molecular weight is 395 g/mol. The van der Waals surface area contributed by atoms with Crippen molar-refractivity contribution in [3.05, 3.63) is 74.9 Å². The van der Waals surface area contributed by atoms with Crippen LogP contribution in [0.15, 0.2) is 54.2 Å². The second kappa shape index (κ2) is 9.33. The van der Waals surface area contributed by atoms with Crippen molar-refractivity contribution in [1.29, 1.82) is 5.26 Å². The zero-order valence-electron chi connectivity index (χ0n) is 13.0. The highest BCUT2D eigenvalue weighted by atomic mass is 35.5. The lowest BCUT2D eigenvalue weighted by molar-refractivity contribution is -0.112. The van der Waals surface area contributed by atoms with Crippen LogP contribution in [-0.2, 0) is 11.2 Å². The third-order valence-electron chi connectivity index (χ3n) is 3.26. The molecule has 2 rings (SSSR count). The highest BCUT2D eigenvalue weighted by Crippen LogP contribution is 2.29. The summed E-state index contributed by atoms with van der Waals surface area (Å²) < 4.78 is 0. The summed E-state index contributed by atoms with van der Waals surface area (Å²) in [6.45, 7) is 0.552. The normalized spacial score (nSPS) is 10.9. The Morgan fingerprint density at radius 2 is 1.92 bits per heavy atom. The van der Waals surface area contributed by atoms with Crippen LogP contribution in [0.4, 0.5) is 5.69 Å². The number of rotatable bonds is 6. The van der Waals surface area contributed by atoms with Crippen molar-refractivity contribution >= 4 is 46.4 Å². The molecule has 2 aromatic carbocycles. The smallest absolute Gasteiger partial charge is 0.267 e. The van der Waals surface area contributed by atoms with Gasteiger partial charge in [0.1, 0.15) is 11.6 Å². The van der Waals surface area contributed by atoms with Gasteiger partial charge < -0.3 is 10.6 Å². The second-order valence-corrected chi connectivity index (χ2v) is 6.28. The molecule has 128 valence electrons. The molecule has 0 aliphatic heterocycles. The highest BCUT2D eigenvalue weighted by molar-refractivity contribution is 6.44. The number of carbonyl (C=O) groups excluding carboxylic acids is 1. The first-order chi connectivity index (χ1) is 12.0. The van der Waals surface area contributed by atoms with Gasteiger partial charge in [-0.3, -0.25) is 4.79 Å². The van der Waals surface area contributed by atoms with Crippen molar-refractivity contribution < 1.29 is 4.79 Å². The molecule has 0 heterocycles. The second-order valence-electron chi connectivity index (χ2n) is 5.06. The standard InChI is InChI=1S/C18H14Cl3N3O/c19-14-4-1-3-12(9-14)7-8-23-11-13(10-22)18(25)24-16-6-2-5-15(20)17(16)21/h1-6,9,11,23H,7-8H2,(H,24,25)/b13-11-. The fourth-order valence-corrected chi connectivity index (χ4v) is 2.58. The molecule has 0 spiro atoms. The number of nitriles is 1. The summed E-state index contributed by atoms with van der Waals surface area (Å²) in [5.41, 5.74) is 1.34. The molecule has 7 heteroatoms. The van der Waals surface area contributed by atoms with Crippen molar-refractivity contribution in [2.75, 3.05) is 11.9 Å². The minimum atomic E-state index is -0.568. The third kappa shape index (κ3) is 5.68. The Balaban J connectivity index is 1.94. The van der Waals surface area contributed by atoms with Gasteiger partial charge in [0.15, 0.2) is 0 Å². The fourth-order valence-electron chi connectivity index (χ4n) is 2.02. The highest BCUT2D eigenvalue weighted by Gasteiger charge is 2.12. The SMILES string of the molecule is N#C/C(=C/NCCc1cccc(Cl)c1)C(=O)Nc1cccc(Cl)c1Cl. The number of carbonyl (C=O) groups is 1. The maximum absolute atomic E-state index is 12.2. The number of anilines is 1. The van der Waals surface area contributed by atoms with E-state index in [1.165, 1.54) is 6.20 Å². The first-order valence-electron chi connectivity index (χ1n) is 7.34. The van der Waals surface area contributed by atoms with E-state index in [9.17, 15) is 4.79 Å². The maximum Gasteiger partial charge on any atom is 0.267 e. The van der Waals surface area contributed by atoms with Crippen molar-refractivity contribution in [3.63, 3.8) is 0 Å². The van der Waals surface area contributed by atoms with Crippen LogP contribution in [0.3, 0.4) is 0 Å². The molecule has 0 bridgehead atoms. The average Bonchev–Trinajstić information content (AvgIpc) is 2.59. The molecule has 1 amide bonds. The van der Waals surface area contributed by atoms with Gasteiger partial charge in [-0.25, -0.2) is 0 Å². The van der Waals surface area contributed by atoms with Crippen LogP contribution < -0.4 is 10.6 Å². The Morgan fingerprint density at radius 1 is 1.16 bits per heavy atom. The summed E-state index contributed by atoms with van der Waals surface area (Å²) >= 11 is 17.8. The lowest BCUT2D eigenvalue weighted by Gasteiger charge is -2.08. The number of hydrogen-bond donors (Lipinski definition) is 2. The number of benzene rings is 2. The van der Waals surface area contributed by atoms with Gasteiger partial charge in [0, 0.05) is 17.8 Å². The molecule has 0 fully saturated rings. The van der Waals surface area contributed by atoms with Crippen LogP contribution in [0.2, 0.25) is 15.1 Å². The molecular weight excluding hydrogens is 381 g/mol. The quantitative estimate of drug-likeness (QED) is 0.419. The Hall–Kier alpha value is -2.19. The molecule has 25 heavy (non-hydrogen) atoms. The summed E-state index contributed by atoms with van der Waals surface area (Å²) in [4.78, 5) is 12.2. The molecule has 0 aliphatic rings. The molecule has 2 N–H and O–H groups in total. The number of nitrogens with zero attached hydrogens (tertiary/aromatic N) is 1. The van der Waals surface area contributed by atoms with Gasteiger partial charge in [0.05, 0.1) is 15.7 Å². The molecule has 4 nitrogen and oxygen atoms in total. The van der Waals surface area contributed by atoms with E-state index >= 15 is 0 Å². The summed E-state index contributed by atoms with van der Waals surface area (Å²) in [5.74, 6) is -0.568. The van der Waals surface area contributed by atoms with Crippen LogP contribution in [0.25, 0.3) is 0 Å². The first kappa shape index (κ1) is 19.1. The number of nitrogens with one attached hydrogen (secondary N) is 2. The largest absolute Gasteiger partial charge is 0.389 e. The van der Waals surface area contributed by atoms with E-state index in [1.807, 2.05) is 24.3 Å². The zero-order chi connectivity index (χ0) is 18.2. The van der Waals surface area contributed by atoms with E-state index in [4.69, 9.17) is 40.1 Å². The van der Waals surface area contributed by atoms with E-state index < -0.39 is 5.91 Å². The van der Waals surface area contributed by atoms with Crippen LogP contribution in [0.5, 0.6) is 0 Å². The molecule has 0 saturated heterocycles. The van der Waals surface area contributed by atoms with Crippen LogP contribution in [-0.4, -0.2) is 12.5 Å². The maximum atomic E-state index is 12.2.